The van der Waals surface area contributed by atoms with Gasteiger partial charge in [0.2, 0.25) is 5.76 Å². The minimum absolute atomic E-state index is 0.220. The average molecular weight is 311 g/mol. The maximum atomic E-state index is 12.0. The molecule has 5 heteroatoms. The van der Waals surface area contributed by atoms with Crippen LogP contribution in [-0.4, -0.2) is 19.0 Å². The smallest absolute Gasteiger partial charge is 0.375 e. The molecular formula is C18H17NO4. The van der Waals surface area contributed by atoms with Crippen molar-refractivity contribution in [1.29, 1.82) is 0 Å². The Morgan fingerprint density at radius 2 is 1.78 bits per heavy atom. The number of carbonyl (C=O) groups is 2. The Balaban J connectivity index is 2.15. The van der Waals surface area contributed by atoms with Crippen molar-refractivity contribution >= 4 is 17.6 Å². The van der Waals surface area contributed by atoms with Crippen LogP contribution >= 0.6 is 0 Å². The fourth-order valence-corrected chi connectivity index (χ4v) is 1.85. The molecule has 0 aromatic heterocycles. The molecule has 23 heavy (non-hydrogen) atoms. The Bertz CT molecular complexity index is 723. The van der Waals surface area contributed by atoms with E-state index in [0.29, 0.717) is 5.56 Å². The highest BCUT2D eigenvalue weighted by molar-refractivity contribution is 5.95. The Morgan fingerprint density at radius 1 is 1.04 bits per heavy atom. The van der Waals surface area contributed by atoms with Crippen LogP contribution in [0.4, 0.5) is 5.69 Å². The molecule has 2 rings (SSSR count). The SMILES string of the molecule is COC(=O)/C(=C/Nc1cccc(C)c1)OC(=O)c1ccccc1. The van der Waals surface area contributed by atoms with Gasteiger partial charge in [-0.1, -0.05) is 30.3 Å². The summed E-state index contributed by atoms with van der Waals surface area (Å²) in [5.74, 6) is -1.59. The number of benzene rings is 2. The number of methoxy groups -OCH3 is 1. The van der Waals surface area contributed by atoms with Gasteiger partial charge in [0.25, 0.3) is 0 Å². The quantitative estimate of drug-likeness (QED) is 0.521. The summed E-state index contributed by atoms with van der Waals surface area (Å²) in [4.78, 5) is 23.8. The van der Waals surface area contributed by atoms with Crippen molar-refractivity contribution in [3.05, 3.63) is 77.7 Å². The van der Waals surface area contributed by atoms with Gasteiger partial charge in [0.1, 0.15) is 0 Å². The summed E-state index contributed by atoms with van der Waals surface area (Å²) in [5, 5.41) is 2.92. The highest BCUT2D eigenvalue weighted by Crippen LogP contribution is 2.12. The highest BCUT2D eigenvalue weighted by atomic mass is 16.6. The molecule has 0 amide bonds. The number of carbonyl (C=O) groups excluding carboxylic acids is 2. The van der Waals surface area contributed by atoms with Gasteiger partial charge in [0.15, 0.2) is 0 Å². The van der Waals surface area contributed by atoms with Crippen molar-refractivity contribution in [2.75, 3.05) is 12.4 Å². The number of rotatable bonds is 5. The van der Waals surface area contributed by atoms with Crippen molar-refractivity contribution in [1.82, 2.24) is 0 Å². The summed E-state index contributed by atoms with van der Waals surface area (Å²) in [7, 11) is 1.22. The van der Waals surface area contributed by atoms with Crippen LogP contribution in [0.3, 0.4) is 0 Å². The number of hydrogen-bond acceptors (Lipinski definition) is 5. The Kier molecular flexibility index (Phi) is 5.52. The van der Waals surface area contributed by atoms with Gasteiger partial charge in [-0.3, -0.25) is 0 Å². The van der Waals surface area contributed by atoms with Crippen molar-refractivity contribution in [2.24, 2.45) is 0 Å². The molecule has 0 spiro atoms. The Labute approximate surface area is 134 Å². The number of aryl methyl sites for hydroxylation is 1. The molecule has 0 bridgehead atoms. The van der Waals surface area contributed by atoms with Crippen molar-refractivity contribution in [3.63, 3.8) is 0 Å². The molecule has 0 fully saturated rings. The van der Waals surface area contributed by atoms with Gasteiger partial charge in [-0.05, 0) is 36.8 Å². The predicted octanol–water partition coefficient (Wildman–Crippen LogP) is 3.28. The normalized spacial score (nSPS) is 10.8. The van der Waals surface area contributed by atoms with Crippen LogP contribution in [0.2, 0.25) is 0 Å². The second-order valence-electron chi connectivity index (χ2n) is 4.77. The molecule has 0 aliphatic heterocycles. The molecule has 2 aromatic rings. The van der Waals surface area contributed by atoms with Crippen LogP contribution in [0, 0.1) is 6.92 Å². The topological polar surface area (TPSA) is 64.6 Å². The van der Waals surface area contributed by atoms with E-state index in [1.165, 1.54) is 13.3 Å². The Hall–Kier alpha value is -3.08. The van der Waals surface area contributed by atoms with Gasteiger partial charge in [0.05, 0.1) is 18.9 Å². The zero-order chi connectivity index (χ0) is 16.7. The summed E-state index contributed by atoms with van der Waals surface area (Å²) < 4.78 is 9.76. The van der Waals surface area contributed by atoms with E-state index in [4.69, 9.17) is 4.74 Å². The predicted molar refractivity (Wildman–Crippen MR) is 86.8 cm³/mol. The van der Waals surface area contributed by atoms with Crippen molar-refractivity contribution in [2.45, 2.75) is 6.92 Å². The summed E-state index contributed by atoms with van der Waals surface area (Å²) in [6, 6.07) is 16.0. The van der Waals surface area contributed by atoms with E-state index in [1.807, 2.05) is 31.2 Å². The van der Waals surface area contributed by atoms with Crippen LogP contribution < -0.4 is 5.32 Å². The van der Waals surface area contributed by atoms with Gasteiger partial charge in [-0.15, -0.1) is 0 Å². The van der Waals surface area contributed by atoms with E-state index >= 15 is 0 Å². The number of anilines is 1. The molecule has 118 valence electrons. The van der Waals surface area contributed by atoms with Crippen LogP contribution in [0.15, 0.2) is 66.6 Å². The van der Waals surface area contributed by atoms with Crippen LogP contribution in [0.25, 0.3) is 0 Å². The number of ether oxygens (including phenoxy) is 2. The first kappa shape index (κ1) is 16.3. The van der Waals surface area contributed by atoms with E-state index in [2.05, 4.69) is 10.1 Å². The third-order valence-electron chi connectivity index (χ3n) is 2.99. The molecule has 1 N–H and O–H groups in total. The Morgan fingerprint density at radius 3 is 2.43 bits per heavy atom. The first-order valence-corrected chi connectivity index (χ1v) is 6.99. The second kappa shape index (κ2) is 7.79. The van der Waals surface area contributed by atoms with E-state index in [0.717, 1.165) is 11.3 Å². The molecule has 0 unspecified atom stereocenters. The van der Waals surface area contributed by atoms with E-state index in [1.54, 1.807) is 30.3 Å². The van der Waals surface area contributed by atoms with Crippen molar-refractivity contribution < 1.29 is 19.1 Å². The lowest BCUT2D eigenvalue weighted by molar-refractivity contribution is -0.139. The van der Waals surface area contributed by atoms with E-state index in [-0.39, 0.29) is 5.76 Å². The number of nitrogens with one attached hydrogen (secondary N) is 1. The van der Waals surface area contributed by atoms with Crippen LogP contribution in [-0.2, 0) is 14.3 Å². The third kappa shape index (κ3) is 4.71. The van der Waals surface area contributed by atoms with Gasteiger partial charge in [0, 0.05) is 5.69 Å². The van der Waals surface area contributed by atoms with Gasteiger partial charge in [-0.25, -0.2) is 9.59 Å². The fraction of sp³-hybridized carbons (Fsp3) is 0.111. The lowest BCUT2D eigenvalue weighted by Crippen LogP contribution is -2.14. The molecule has 0 radical (unpaired) electrons. The molecule has 0 heterocycles. The maximum absolute atomic E-state index is 12.0. The summed E-state index contributed by atoms with van der Waals surface area (Å²) in [5.41, 5.74) is 2.17. The largest absolute Gasteiger partial charge is 0.463 e. The van der Waals surface area contributed by atoms with E-state index < -0.39 is 11.9 Å². The molecule has 0 atom stereocenters. The molecule has 5 nitrogen and oxygen atoms in total. The summed E-state index contributed by atoms with van der Waals surface area (Å²) >= 11 is 0. The monoisotopic (exact) mass is 311 g/mol. The molecule has 0 aliphatic rings. The molecule has 0 aliphatic carbocycles. The molecule has 0 saturated heterocycles. The first-order chi connectivity index (χ1) is 11.1. The lowest BCUT2D eigenvalue weighted by Gasteiger charge is -2.08. The zero-order valence-electron chi connectivity index (χ0n) is 12.9. The highest BCUT2D eigenvalue weighted by Gasteiger charge is 2.17. The van der Waals surface area contributed by atoms with Gasteiger partial charge in [-0.2, -0.15) is 0 Å². The van der Waals surface area contributed by atoms with Crippen molar-refractivity contribution in [3.8, 4) is 0 Å². The minimum atomic E-state index is -0.741. The summed E-state index contributed by atoms with van der Waals surface area (Å²) in [6.07, 6.45) is 1.31. The average Bonchev–Trinajstić information content (AvgIpc) is 2.58. The lowest BCUT2D eigenvalue weighted by atomic mass is 10.2. The van der Waals surface area contributed by atoms with Gasteiger partial charge < -0.3 is 14.8 Å². The fourth-order valence-electron chi connectivity index (χ4n) is 1.85. The molecule has 0 saturated carbocycles. The van der Waals surface area contributed by atoms with E-state index in [9.17, 15) is 9.59 Å². The van der Waals surface area contributed by atoms with Crippen LogP contribution in [0.1, 0.15) is 15.9 Å². The first-order valence-electron chi connectivity index (χ1n) is 6.99. The number of esters is 2. The van der Waals surface area contributed by atoms with Gasteiger partial charge >= 0.3 is 11.9 Å². The maximum Gasteiger partial charge on any atom is 0.375 e. The summed E-state index contributed by atoms with van der Waals surface area (Å²) in [6.45, 7) is 1.95. The number of hydrogen-bond donors (Lipinski definition) is 1. The third-order valence-corrected chi connectivity index (χ3v) is 2.99. The molecule has 2 aromatic carbocycles. The standard InChI is InChI=1S/C18H17NO4/c1-13-7-6-10-15(11-13)19-12-16(18(21)22-2)23-17(20)14-8-4-3-5-9-14/h3-12,19H,1-2H3/b16-12-. The molecular weight excluding hydrogens is 294 g/mol. The zero-order valence-corrected chi connectivity index (χ0v) is 12.9. The minimum Gasteiger partial charge on any atom is -0.463 e. The van der Waals surface area contributed by atoms with Crippen LogP contribution in [0.5, 0.6) is 0 Å². The second-order valence-corrected chi connectivity index (χ2v) is 4.77.